The molecule has 0 spiro atoms. The number of nitrogens with one attached hydrogen (secondary N) is 1. The van der Waals surface area contributed by atoms with Crippen molar-refractivity contribution >= 4 is 0 Å². The summed E-state index contributed by atoms with van der Waals surface area (Å²) in [5, 5.41) is 3.43. The van der Waals surface area contributed by atoms with E-state index in [9.17, 15) is 0 Å². The third kappa shape index (κ3) is 6.69. The Balaban J connectivity index is 0.00000312. The zero-order chi connectivity index (χ0) is 17.2. The zero-order valence-electron chi connectivity index (χ0n) is 14.8. The van der Waals surface area contributed by atoms with E-state index in [0.717, 1.165) is 35.9 Å². The van der Waals surface area contributed by atoms with Crippen LogP contribution in [-0.4, -0.2) is 20.3 Å². The molecule has 0 heterocycles. The van der Waals surface area contributed by atoms with Crippen LogP contribution in [0.3, 0.4) is 0 Å². The predicted octanol–water partition coefficient (Wildman–Crippen LogP) is 0.952. The van der Waals surface area contributed by atoms with Gasteiger partial charge in [0, 0.05) is 13.1 Å². The molecule has 1 N–H and O–H groups in total. The number of rotatable bonds is 10. The van der Waals surface area contributed by atoms with E-state index in [4.69, 9.17) is 14.2 Å². The summed E-state index contributed by atoms with van der Waals surface area (Å²) in [6.07, 6.45) is 1.72. The topological polar surface area (TPSA) is 39.7 Å². The van der Waals surface area contributed by atoms with Gasteiger partial charge in [0.2, 0.25) is 0 Å². The minimum Gasteiger partial charge on any atom is -1.00 e. The molecule has 0 saturated carbocycles. The standard InChI is InChI=1S/C20H25NO3.ClH/c1-4-12-24-19-11-8-17(13-20(19)23-5-2)15-21-14-16-6-9-18(22-3)10-7-16;/h4,6-11,13,21H,1,5,12,14-15H2,2-3H3;1H/p-1. The van der Waals surface area contributed by atoms with Crippen molar-refractivity contribution < 1.29 is 26.6 Å². The lowest BCUT2D eigenvalue weighted by molar-refractivity contribution is -0.00000609. The van der Waals surface area contributed by atoms with Crippen LogP contribution in [0.25, 0.3) is 0 Å². The molecule has 0 aliphatic carbocycles. The quantitative estimate of drug-likeness (QED) is 0.639. The van der Waals surface area contributed by atoms with E-state index in [1.807, 2.05) is 37.3 Å². The van der Waals surface area contributed by atoms with Gasteiger partial charge in [-0.25, -0.2) is 0 Å². The van der Waals surface area contributed by atoms with E-state index in [0.29, 0.717) is 13.2 Å². The molecule has 0 unspecified atom stereocenters. The van der Waals surface area contributed by atoms with Gasteiger partial charge in [-0.2, -0.15) is 0 Å². The van der Waals surface area contributed by atoms with Gasteiger partial charge in [-0.15, -0.1) is 0 Å². The summed E-state index contributed by atoms with van der Waals surface area (Å²) < 4.78 is 16.4. The summed E-state index contributed by atoms with van der Waals surface area (Å²) in [6, 6.07) is 14.1. The molecule has 0 aliphatic heterocycles. The van der Waals surface area contributed by atoms with Crippen LogP contribution >= 0.6 is 0 Å². The Morgan fingerprint density at radius 2 is 1.64 bits per heavy atom. The first-order valence-corrected chi connectivity index (χ1v) is 8.10. The summed E-state index contributed by atoms with van der Waals surface area (Å²) >= 11 is 0. The lowest BCUT2D eigenvalue weighted by atomic mass is 10.2. The van der Waals surface area contributed by atoms with E-state index in [1.54, 1.807) is 13.2 Å². The van der Waals surface area contributed by atoms with Crippen LogP contribution in [0.4, 0.5) is 0 Å². The highest BCUT2D eigenvalue weighted by Gasteiger charge is 2.06. The largest absolute Gasteiger partial charge is 1.00 e. The Kier molecular flexibility index (Phi) is 9.51. The fourth-order valence-corrected chi connectivity index (χ4v) is 2.29. The van der Waals surface area contributed by atoms with Gasteiger partial charge >= 0.3 is 0 Å². The van der Waals surface area contributed by atoms with E-state index in [2.05, 4.69) is 24.0 Å². The van der Waals surface area contributed by atoms with Crippen LogP contribution in [0.2, 0.25) is 0 Å². The first-order chi connectivity index (χ1) is 11.8. The maximum atomic E-state index is 5.66. The number of methoxy groups -OCH3 is 1. The van der Waals surface area contributed by atoms with E-state index < -0.39 is 0 Å². The second-order valence-corrected chi connectivity index (χ2v) is 5.27. The molecule has 0 atom stereocenters. The Labute approximate surface area is 156 Å². The minimum absolute atomic E-state index is 0. The minimum atomic E-state index is 0. The highest BCUT2D eigenvalue weighted by atomic mass is 35.5. The second kappa shape index (κ2) is 11.4. The number of benzene rings is 2. The molecular weight excluding hydrogens is 338 g/mol. The molecule has 0 amide bonds. The second-order valence-electron chi connectivity index (χ2n) is 5.27. The Bertz CT molecular complexity index is 644. The predicted molar refractivity (Wildman–Crippen MR) is 96.8 cm³/mol. The molecule has 25 heavy (non-hydrogen) atoms. The van der Waals surface area contributed by atoms with Gasteiger partial charge in [-0.3, -0.25) is 0 Å². The molecule has 2 aromatic rings. The highest BCUT2D eigenvalue weighted by Crippen LogP contribution is 2.28. The van der Waals surface area contributed by atoms with Crippen molar-refractivity contribution in [2.75, 3.05) is 20.3 Å². The van der Waals surface area contributed by atoms with Gasteiger partial charge in [-0.1, -0.05) is 30.9 Å². The van der Waals surface area contributed by atoms with Crippen LogP contribution in [0.5, 0.6) is 17.2 Å². The Hall–Kier alpha value is -2.17. The van der Waals surface area contributed by atoms with E-state index >= 15 is 0 Å². The van der Waals surface area contributed by atoms with Crippen molar-refractivity contribution in [3.05, 3.63) is 66.2 Å². The lowest BCUT2D eigenvalue weighted by Gasteiger charge is -2.13. The molecular formula is C20H25ClNO3-. The molecule has 0 aliphatic rings. The molecule has 0 radical (unpaired) electrons. The van der Waals surface area contributed by atoms with E-state index in [-0.39, 0.29) is 12.4 Å². The van der Waals surface area contributed by atoms with Crippen LogP contribution < -0.4 is 31.9 Å². The van der Waals surface area contributed by atoms with Crippen molar-refractivity contribution in [3.8, 4) is 17.2 Å². The maximum absolute atomic E-state index is 5.66. The number of hydrogen-bond acceptors (Lipinski definition) is 4. The average Bonchev–Trinajstić information content (AvgIpc) is 2.62. The molecule has 136 valence electrons. The van der Waals surface area contributed by atoms with Gasteiger partial charge in [0.25, 0.3) is 0 Å². The van der Waals surface area contributed by atoms with Gasteiger partial charge in [-0.05, 0) is 42.3 Å². The number of hydrogen-bond donors (Lipinski definition) is 1. The van der Waals surface area contributed by atoms with Crippen LogP contribution in [0, 0.1) is 0 Å². The normalized spacial score (nSPS) is 9.84. The van der Waals surface area contributed by atoms with Crippen molar-refractivity contribution in [2.45, 2.75) is 20.0 Å². The third-order valence-corrected chi connectivity index (χ3v) is 3.48. The van der Waals surface area contributed by atoms with Gasteiger partial charge in [0.1, 0.15) is 12.4 Å². The van der Waals surface area contributed by atoms with Gasteiger partial charge in [0.15, 0.2) is 11.5 Å². The first-order valence-electron chi connectivity index (χ1n) is 8.10. The van der Waals surface area contributed by atoms with Gasteiger partial charge < -0.3 is 31.9 Å². The SMILES string of the molecule is C=CCOc1ccc(CNCc2ccc(OC)cc2)cc1OCC.[Cl-]. The van der Waals surface area contributed by atoms with Crippen molar-refractivity contribution in [1.82, 2.24) is 5.32 Å². The number of ether oxygens (including phenoxy) is 3. The molecule has 5 heteroatoms. The molecule has 0 fully saturated rings. The molecule has 4 nitrogen and oxygen atoms in total. The third-order valence-electron chi connectivity index (χ3n) is 3.48. The monoisotopic (exact) mass is 362 g/mol. The Morgan fingerprint density at radius 3 is 2.28 bits per heavy atom. The summed E-state index contributed by atoms with van der Waals surface area (Å²) in [6.45, 7) is 8.25. The molecule has 0 saturated heterocycles. The lowest BCUT2D eigenvalue weighted by Crippen LogP contribution is -3.00. The van der Waals surface area contributed by atoms with Crippen LogP contribution in [0.1, 0.15) is 18.1 Å². The smallest absolute Gasteiger partial charge is 0.161 e. The average molecular weight is 363 g/mol. The van der Waals surface area contributed by atoms with Crippen LogP contribution in [0.15, 0.2) is 55.1 Å². The van der Waals surface area contributed by atoms with Crippen molar-refractivity contribution in [1.29, 1.82) is 0 Å². The molecule has 0 bridgehead atoms. The van der Waals surface area contributed by atoms with Gasteiger partial charge in [0.05, 0.1) is 13.7 Å². The fourth-order valence-electron chi connectivity index (χ4n) is 2.29. The molecule has 2 rings (SSSR count). The zero-order valence-corrected chi connectivity index (χ0v) is 15.5. The number of halogens is 1. The van der Waals surface area contributed by atoms with Crippen molar-refractivity contribution in [3.63, 3.8) is 0 Å². The summed E-state index contributed by atoms with van der Waals surface area (Å²) in [7, 11) is 1.67. The Morgan fingerprint density at radius 1 is 0.960 bits per heavy atom. The maximum Gasteiger partial charge on any atom is 0.161 e. The van der Waals surface area contributed by atoms with Crippen LogP contribution in [-0.2, 0) is 13.1 Å². The van der Waals surface area contributed by atoms with Crippen molar-refractivity contribution in [2.24, 2.45) is 0 Å². The van der Waals surface area contributed by atoms with E-state index in [1.165, 1.54) is 5.56 Å². The fraction of sp³-hybridized carbons (Fsp3) is 0.300. The first kappa shape index (κ1) is 20.9. The highest BCUT2D eigenvalue weighted by molar-refractivity contribution is 5.43. The summed E-state index contributed by atoms with van der Waals surface area (Å²) in [5.41, 5.74) is 2.37. The summed E-state index contributed by atoms with van der Waals surface area (Å²) in [4.78, 5) is 0. The molecule has 2 aromatic carbocycles. The molecule has 0 aromatic heterocycles. The summed E-state index contributed by atoms with van der Waals surface area (Å²) in [5.74, 6) is 2.38.